The fourth-order valence-corrected chi connectivity index (χ4v) is 3.32. The van der Waals surface area contributed by atoms with E-state index in [0.29, 0.717) is 10.0 Å². The number of hydrogen-bond donors (Lipinski definition) is 2. The Morgan fingerprint density at radius 2 is 2.14 bits per heavy atom. The maximum atomic E-state index is 6.21. The average Bonchev–Trinajstić information content (AvgIpc) is 2.51. The molecule has 5 heteroatoms. The molecule has 2 N–H and O–H groups in total. The number of rotatable bonds is 7. The zero-order valence-electron chi connectivity index (χ0n) is 12.6. The Balaban J connectivity index is 2.07. The summed E-state index contributed by atoms with van der Waals surface area (Å²) in [5.41, 5.74) is 1.43. The van der Waals surface area contributed by atoms with E-state index in [1.165, 1.54) is 18.4 Å². The maximum absolute atomic E-state index is 6.21. The number of hydrogen-bond acceptors (Lipinski definition) is 3. The van der Waals surface area contributed by atoms with E-state index in [1.54, 1.807) is 7.11 Å². The Bertz CT molecular complexity index is 448. The molecule has 1 aromatic rings. The van der Waals surface area contributed by atoms with Crippen LogP contribution in [0.15, 0.2) is 18.2 Å². The van der Waals surface area contributed by atoms with Crippen LogP contribution in [0.25, 0.3) is 0 Å². The van der Waals surface area contributed by atoms with Crippen molar-refractivity contribution in [2.45, 2.75) is 24.7 Å². The van der Waals surface area contributed by atoms with Crippen LogP contribution in [0.2, 0.25) is 10.0 Å². The van der Waals surface area contributed by atoms with Crippen molar-refractivity contribution < 1.29 is 4.74 Å². The fourth-order valence-electron chi connectivity index (χ4n) is 3.02. The summed E-state index contributed by atoms with van der Waals surface area (Å²) in [6.07, 6.45) is 3.46. The summed E-state index contributed by atoms with van der Waals surface area (Å²) in [6.45, 7) is 4.71. The van der Waals surface area contributed by atoms with Crippen LogP contribution in [0.3, 0.4) is 0 Å². The van der Waals surface area contributed by atoms with Crippen LogP contribution in [0.4, 0.5) is 0 Å². The molecule has 1 heterocycles. The molecule has 1 atom stereocenters. The van der Waals surface area contributed by atoms with E-state index in [1.807, 2.05) is 12.1 Å². The molecular weight excluding hydrogens is 307 g/mol. The topological polar surface area (TPSA) is 33.3 Å². The van der Waals surface area contributed by atoms with Gasteiger partial charge < -0.3 is 15.4 Å². The van der Waals surface area contributed by atoms with Crippen molar-refractivity contribution in [3.63, 3.8) is 0 Å². The summed E-state index contributed by atoms with van der Waals surface area (Å²) in [5.74, 6) is 0. The summed E-state index contributed by atoms with van der Waals surface area (Å²) < 4.78 is 5.07. The lowest BCUT2D eigenvalue weighted by molar-refractivity contribution is 0.197. The first-order valence-electron chi connectivity index (χ1n) is 7.54. The highest BCUT2D eigenvalue weighted by molar-refractivity contribution is 6.42. The van der Waals surface area contributed by atoms with Crippen LogP contribution < -0.4 is 10.6 Å². The minimum atomic E-state index is 0.145. The second kappa shape index (κ2) is 8.35. The zero-order valence-corrected chi connectivity index (χ0v) is 14.1. The largest absolute Gasteiger partial charge is 0.383 e. The van der Waals surface area contributed by atoms with E-state index in [4.69, 9.17) is 27.9 Å². The van der Waals surface area contributed by atoms with Gasteiger partial charge in [0.05, 0.1) is 16.7 Å². The molecule has 1 fully saturated rings. The fraction of sp³-hybridized carbons (Fsp3) is 0.625. The van der Waals surface area contributed by atoms with E-state index in [2.05, 4.69) is 16.7 Å². The minimum absolute atomic E-state index is 0.145. The normalized spacial score (nSPS) is 22.4. The lowest BCUT2D eigenvalue weighted by Crippen LogP contribution is -2.45. The van der Waals surface area contributed by atoms with Gasteiger partial charge in [-0.05, 0) is 50.0 Å². The molecule has 1 saturated heterocycles. The first kappa shape index (κ1) is 17.0. The number of piperidine rings is 1. The molecule has 0 aromatic heterocycles. The third-order valence-electron chi connectivity index (χ3n) is 4.27. The molecule has 2 rings (SSSR count). The van der Waals surface area contributed by atoms with Gasteiger partial charge in [-0.1, -0.05) is 29.3 Å². The molecular formula is C16H24Cl2N2O. The average molecular weight is 331 g/mol. The molecule has 0 amide bonds. The molecule has 21 heavy (non-hydrogen) atoms. The van der Waals surface area contributed by atoms with Gasteiger partial charge in [0, 0.05) is 25.6 Å². The van der Waals surface area contributed by atoms with Gasteiger partial charge in [0.2, 0.25) is 0 Å². The van der Waals surface area contributed by atoms with Crippen molar-refractivity contribution in [2.75, 3.05) is 39.9 Å². The van der Waals surface area contributed by atoms with E-state index < -0.39 is 0 Å². The second-order valence-electron chi connectivity index (χ2n) is 5.68. The van der Waals surface area contributed by atoms with Gasteiger partial charge in [0.25, 0.3) is 0 Å². The molecule has 3 nitrogen and oxygen atoms in total. The van der Waals surface area contributed by atoms with Gasteiger partial charge in [0.15, 0.2) is 0 Å². The monoisotopic (exact) mass is 330 g/mol. The summed E-state index contributed by atoms with van der Waals surface area (Å²) >= 11 is 12.3. The molecule has 1 aliphatic heterocycles. The Hall–Kier alpha value is -0.320. The minimum Gasteiger partial charge on any atom is -0.383 e. The molecule has 1 aromatic carbocycles. The molecule has 0 saturated carbocycles. The van der Waals surface area contributed by atoms with Crippen molar-refractivity contribution in [2.24, 2.45) is 0 Å². The summed E-state index contributed by atoms with van der Waals surface area (Å²) in [6, 6.07) is 6.07. The van der Waals surface area contributed by atoms with E-state index in [-0.39, 0.29) is 5.41 Å². The van der Waals surface area contributed by atoms with Crippen molar-refractivity contribution in [3.05, 3.63) is 33.8 Å². The van der Waals surface area contributed by atoms with Crippen LogP contribution in [0.5, 0.6) is 0 Å². The molecule has 0 radical (unpaired) electrons. The predicted octanol–water partition coefficient (Wildman–Crippen LogP) is 3.24. The van der Waals surface area contributed by atoms with Gasteiger partial charge in [-0.2, -0.15) is 0 Å². The highest BCUT2D eigenvalue weighted by Crippen LogP contribution is 2.37. The molecule has 0 aliphatic carbocycles. The zero-order chi connectivity index (χ0) is 15.1. The summed E-state index contributed by atoms with van der Waals surface area (Å²) in [5, 5.41) is 8.24. The van der Waals surface area contributed by atoms with Crippen molar-refractivity contribution >= 4 is 23.2 Å². The highest BCUT2D eigenvalue weighted by atomic mass is 35.5. The number of halogens is 2. The smallest absolute Gasteiger partial charge is 0.0595 e. The van der Waals surface area contributed by atoms with Crippen molar-refractivity contribution in [3.8, 4) is 0 Å². The Kier molecular flexibility index (Phi) is 6.77. The number of benzene rings is 1. The van der Waals surface area contributed by atoms with Crippen LogP contribution in [0.1, 0.15) is 24.8 Å². The SMILES string of the molecule is COCCNCC[C@]1(c2ccc(Cl)c(Cl)c2)CCCNC1. The molecule has 0 spiro atoms. The third-order valence-corrected chi connectivity index (χ3v) is 5.01. The first-order chi connectivity index (χ1) is 10.2. The van der Waals surface area contributed by atoms with Crippen LogP contribution in [-0.4, -0.2) is 39.9 Å². The first-order valence-corrected chi connectivity index (χ1v) is 8.29. The quantitative estimate of drug-likeness (QED) is 0.753. The van der Waals surface area contributed by atoms with Gasteiger partial charge >= 0.3 is 0 Å². The Labute approximate surface area is 137 Å². The highest BCUT2D eigenvalue weighted by Gasteiger charge is 2.33. The van der Waals surface area contributed by atoms with Crippen LogP contribution in [0, 0.1) is 0 Å². The Morgan fingerprint density at radius 3 is 2.81 bits per heavy atom. The Morgan fingerprint density at radius 1 is 1.29 bits per heavy atom. The predicted molar refractivity (Wildman–Crippen MR) is 89.6 cm³/mol. The number of ether oxygens (including phenoxy) is 1. The van der Waals surface area contributed by atoms with Gasteiger partial charge in [-0.15, -0.1) is 0 Å². The van der Waals surface area contributed by atoms with E-state index >= 15 is 0 Å². The molecule has 1 aliphatic rings. The van der Waals surface area contributed by atoms with E-state index in [9.17, 15) is 0 Å². The van der Waals surface area contributed by atoms with Gasteiger partial charge in [-0.25, -0.2) is 0 Å². The lowest BCUT2D eigenvalue weighted by atomic mass is 9.72. The third kappa shape index (κ3) is 4.57. The molecule has 0 unspecified atom stereocenters. The second-order valence-corrected chi connectivity index (χ2v) is 6.50. The summed E-state index contributed by atoms with van der Waals surface area (Å²) in [7, 11) is 1.73. The van der Waals surface area contributed by atoms with Crippen LogP contribution in [-0.2, 0) is 10.2 Å². The maximum Gasteiger partial charge on any atom is 0.0595 e. The standard InChI is InChI=1S/C16H24Cl2N2O/c1-21-10-9-19-8-6-16(5-2-7-20-12-16)13-3-4-14(17)15(18)11-13/h3-4,11,19-20H,2,5-10,12H2,1H3/t16-/m1/s1. The number of nitrogens with one attached hydrogen (secondary N) is 2. The molecule has 0 bridgehead atoms. The van der Waals surface area contributed by atoms with Gasteiger partial charge in [0.1, 0.15) is 0 Å². The van der Waals surface area contributed by atoms with Gasteiger partial charge in [-0.3, -0.25) is 0 Å². The van der Waals surface area contributed by atoms with Crippen LogP contribution >= 0.6 is 23.2 Å². The van der Waals surface area contributed by atoms with Crippen molar-refractivity contribution in [1.29, 1.82) is 0 Å². The molecule has 118 valence electrons. The summed E-state index contributed by atoms with van der Waals surface area (Å²) in [4.78, 5) is 0. The van der Waals surface area contributed by atoms with Crippen molar-refractivity contribution in [1.82, 2.24) is 10.6 Å². The lowest BCUT2D eigenvalue weighted by Gasteiger charge is -2.38. The number of methoxy groups -OCH3 is 1. The van der Waals surface area contributed by atoms with E-state index in [0.717, 1.165) is 39.2 Å².